The summed E-state index contributed by atoms with van der Waals surface area (Å²) >= 11 is 0. The number of hydrogen-bond donors (Lipinski definition) is 0. The van der Waals surface area contributed by atoms with E-state index in [4.69, 9.17) is 4.43 Å². The van der Waals surface area contributed by atoms with Crippen molar-refractivity contribution in [2.24, 2.45) is 0 Å². The summed E-state index contributed by atoms with van der Waals surface area (Å²) in [5.74, 6) is 0.501. The molecule has 0 fully saturated rings. The second-order valence-electron chi connectivity index (χ2n) is 5.52. The number of carbonyl (C=O) groups is 1. The van der Waals surface area contributed by atoms with Gasteiger partial charge in [-0.1, -0.05) is 33.4 Å². The Hall–Kier alpha value is -1.09. The van der Waals surface area contributed by atoms with Gasteiger partial charge in [-0.15, -0.1) is 0 Å². The summed E-state index contributed by atoms with van der Waals surface area (Å²) in [4.78, 5) is 11.5. The number of rotatable bonds is 5. The van der Waals surface area contributed by atoms with Crippen LogP contribution in [-0.4, -0.2) is 14.1 Å². The molecule has 0 radical (unpaired) electrons. The van der Waals surface area contributed by atoms with Gasteiger partial charge in [0.25, 0.3) is 0 Å². The maximum atomic E-state index is 11.5. The molecule has 0 atom stereocenters. The molecule has 0 amide bonds. The van der Waals surface area contributed by atoms with Crippen molar-refractivity contribution < 1.29 is 9.22 Å². The van der Waals surface area contributed by atoms with Crippen molar-refractivity contribution >= 4 is 14.1 Å². The molecule has 0 saturated carbocycles. The highest BCUT2D eigenvalue weighted by molar-refractivity contribution is 6.74. The quantitative estimate of drug-likeness (QED) is 0.317. The predicted molar refractivity (Wildman–Crippen MR) is 76.4 cm³/mol. The highest BCUT2D eigenvalue weighted by atomic mass is 28.4. The summed E-state index contributed by atoms with van der Waals surface area (Å²) in [6.45, 7) is 16.3. The third kappa shape index (κ3) is 5.17. The summed E-state index contributed by atoms with van der Waals surface area (Å²) < 4.78 is 6.00. The molecule has 2 nitrogen and oxygen atoms in total. The Morgan fingerprint density at radius 1 is 1.29 bits per heavy atom. The lowest BCUT2D eigenvalue weighted by atomic mass is 10.2. The van der Waals surface area contributed by atoms with E-state index in [9.17, 15) is 4.79 Å². The lowest BCUT2D eigenvalue weighted by Gasteiger charge is -2.36. The molecule has 0 aromatic carbocycles. The molecule has 0 unspecified atom stereocenters. The lowest BCUT2D eigenvalue weighted by Crippen LogP contribution is -2.40. The van der Waals surface area contributed by atoms with Crippen molar-refractivity contribution in [1.82, 2.24) is 0 Å². The first kappa shape index (κ1) is 15.9. The molecule has 3 heteroatoms. The first-order chi connectivity index (χ1) is 7.64. The third-order valence-corrected chi connectivity index (χ3v) is 7.35. The van der Waals surface area contributed by atoms with E-state index in [-0.39, 0.29) is 10.8 Å². The zero-order valence-corrected chi connectivity index (χ0v) is 12.8. The van der Waals surface area contributed by atoms with Crippen LogP contribution in [0.25, 0.3) is 0 Å². The fraction of sp³-hybridized carbons (Fsp3) is 0.500. The van der Waals surface area contributed by atoms with E-state index >= 15 is 0 Å². The zero-order valence-electron chi connectivity index (χ0n) is 11.8. The average Bonchev–Trinajstić information content (AvgIpc) is 2.14. The van der Waals surface area contributed by atoms with Crippen LogP contribution in [0, 0.1) is 0 Å². The van der Waals surface area contributed by atoms with Gasteiger partial charge in [0.05, 0.1) is 0 Å². The van der Waals surface area contributed by atoms with Gasteiger partial charge in [0.15, 0.2) is 5.78 Å². The van der Waals surface area contributed by atoms with Crippen LogP contribution in [0.4, 0.5) is 0 Å². The Kier molecular flexibility index (Phi) is 5.62. The highest BCUT2D eigenvalue weighted by Gasteiger charge is 2.39. The minimum Gasteiger partial charge on any atom is -0.543 e. The number of hydrogen-bond acceptors (Lipinski definition) is 2. The van der Waals surface area contributed by atoms with E-state index < -0.39 is 8.32 Å². The van der Waals surface area contributed by atoms with E-state index in [0.29, 0.717) is 5.76 Å². The maximum Gasteiger partial charge on any atom is 0.250 e. The van der Waals surface area contributed by atoms with Gasteiger partial charge in [0, 0.05) is 6.08 Å². The topological polar surface area (TPSA) is 26.3 Å². The van der Waals surface area contributed by atoms with Crippen molar-refractivity contribution in [1.29, 1.82) is 0 Å². The smallest absolute Gasteiger partial charge is 0.250 e. The fourth-order valence-electron chi connectivity index (χ4n) is 0.930. The minimum absolute atomic E-state index is 0.0684. The molecule has 0 aliphatic rings. The van der Waals surface area contributed by atoms with Gasteiger partial charge in [-0.05, 0) is 37.2 Å². The molecule has 0 aliphatic heterocycles. The van der Waals surface area contributed by atoms with Gasteiger partial charge in [-0.25, -0.2) is 0 Å². The zero-order chi connectivity index (χ0) is 13.7. The molecule has 0 saturated heterocycles. The largest absolute Gasteiger partial charge is 0.543 e. The van der Waals surface area contributed by atoms with Gasteiger partial charge in [0.1, 0.15) is 5.76 Å². The van der Waals surface area contributed by atoms with Gasteiger partial charge in [-0.3, -0.25) is 4.79 Å². The first-order valence-electron chi connectivity index (χ1n) is 5.84. The Labute approximate surface area is 106 Å². The van der Waals surface area contributed by atoms with Crippen LogP contribution in [0.2, 0.25) is 18.1 Å². The number of ketones is 1. The van der Waals surface area contributed by atoms with Crippen LogP contribution >= 0.6 is 0 Å². The molecule has 0 aliphatic carbocycles. The molecular formula is C14H24O2Si. The van der Waals surface area contributed by atoms with E-state index in [1.54, 1.807) is 12.2 Å². The van der Waals surface area contributed by atoms with Crippen molar-refractivity contribution in [3.8, 4) is 0 Å². The monoisotopic (exact) mass is 252 g/mol. The summed E-state index contributed by atoms with van der Waals surface area (Å²) in [6, 6.07) is 0. The van der Waals surface area contributed by atoms with Crippen molar-refractivity contribution in [3.63, 3.8) is 0 Å². The lowest BCUT2D eigenvalue weighted by molar-refractivity contribution is -0.110. The standard InChI is InChI=1S/C14H24O2Si/c1-8-10-12(15)11-13(9-2)16-17(6,7)14(3,4)5/h8-11H,2H2,1,3-7H3/b10-8+,13-11+. The fourth-order valence-corrected chi connectivity index (χ4v) is 1.97. The Morgan fingerprint density at radius 3 is 2.18 bits per heavy atom. The maximum absolute atomic E-state index is 11.5. The Morgan fingerprint density at radius 2 is 1.82 bits per heavy atom. The van der Waals surface area contributed by atoms with Crippen molar-refractivity contribution in [2.45, 2.75) is 45.8 Å². The molecule has 0 spiro atoms. The van der Waals surface area contributed by atoms with Crippen LogP contribution in [0.15, 0.2) is 36.6 Å². The van der Waals surface area contributed by atoms with Crippen molar-refractivity contribution in [3.05, 3.63) is 36.6 Å². The van der Waals surface area contributed by atoms with Gasteiger partial charge >= 0.3 is 0 Å². The summed E-state index contributed by atoms with van der Waals surface area (Å²) in [6.07, 6.45) is 6.32. The van der Waals surface area contributed by atoms with Gasteiger partial charge in [-0.2, -0.15) is 0 Å². The van der Waals surface area contributed by atoms with Crippen LogP contribution in [0.1, 0.15) is 27.7 Å². The van der Waals surface area contributed by atoms with Crippen molar-refractivity contribution in [2.75, 3.05) is 0 Å². The van der Waals surface area contributed by atoms with Gasteiger partial charge in [0.2, 0.25) is 8.32 Å². The Bertz CT molecular complexity index is 344. The minimum atomic E-state index is -1.89. The molecule has 0 heterocycles. The third-order valence-electron chi connectivity index (χ3n) is 3.00. The first-order valence-corrected chi connectivity index (χ1v) is 8.74. The normalized spacial score (nSPS) is 13.9. The van der Waals surface area contributed by atoms with Crippen LogP contribution in [0.5, 0.6) is 0 Å². The second kappa shape index (κ2) is 6.01. The molecule has 17 heavy (non-hydrogen) atoms. The molecule has 0 bridgehead atoms. The molecule has 0 aromatic heterocycles. The molecule has 0 aromatic rings. The molecule has 96 valence electrons. The molecule has 0 N–H and O–H groups in total. The number of allylic oxidation sites excluding steroid dienone is 4. The van der Waals surface area contributed by atoms with Gasteiger partial charge < -0.3 is 4.43 Å². The van der Waals surface area contributed by atoms with E-state index in [1.807, 2.05) is 6.92 Å². The predicted octanol–water partition coefficient (Wildman–Crippen LogP) is 4.22. The van der Waals surface area contributed by atoms with Crippen LogP contribution < -0.4 is 0 Å². The second-order valence-corrected chi connectivity index (χ2v) is 10.2. The van der Waals surface area contributed by atoms with E-state index in [0.717, 1.165) is 0 Å². The average molecular weight is 252 g/mol. The SMILES string of the molecule is C=C/C(=C\C(=O)/C=C/C)O[Si](C)(C)C(C)(C)C. The summed E-state index contributed by atoms with van der Waals surface area (Å²) in [5, 5.41) is 0.110. The highest BCUT2D eigenvalue weighted by Crippen LogP contribution is 2.37. The summed E-state index contributed by atoms with van der Waals surface area (Å²) in [7, 11) is -1.89. The molecule has 0 rings (SSSR count). The summed E-state index contributed by atoms with van der Waals surface area (Å²) in [5.41, 5.74) is 0. The van der Waals surface area contributed by atoms with E-state index in [2.05, 4.69) is 40.4 Å². The molecular weight excluding hydrogens is 228 g/mol. The number of carbonyl (C=O) groups excluding carboxylic acids is 1. The van der Waals surface area contributed by atoms with Crippen LogP contribution in [0.3, 0.4) is 0 Å². The Balaban J connectivity index is 4.96. The van der Waals surface area contributed by atoms with Crippen LogP contribution in [-0.2, 0) is 9.22 Å². The van der Waals surface area contributed by atoms with E-state index in [1.165, 1.54) is 12.2 Å².